The van der Waals surface area contributed by atoms with E-state index in [4.69, 9.17) is 9.47 Å². The maximum absolute atomic E-state index is 5.56. The van der Waals surface area contributed by atoms with Gasteiger partial charge in [0.15, 0.2) is 6.29 Å². The van der Waals surface area contributed by atoms with Crippen LogP contribution in [0.3, 0.4) is 0 Å². The molecule has 1 aliphatic heterocycles. The minimum absolute atomic E-state index is 0.104. The number of ether oxygens (including phenoxy) is 2. The molecule has 0 aromatic carbocycles. The van der Waals surface area contributed by atoms with Gasteiger partial charge in [0.2, 0.25) is 0 Å². The zero-order chi connectivity index (χ0) is 14.3. The molecular weight excluding hydrogens is 248 g/mol. The summed E-state index contributed by atoms with van der Waals surface area (Å²) >= 11 is 0. The lowest BCUT2D eigenvalue weighted by atomic mass is 10.0. The Morgan fingerprint density at radius 1 is 0.650 bits per heavy atom. The highest BCUT2D eigenvalue weighted by atomic mass is 16.7. The van der Waals surface area contributed by atoms with Gasteiger partial charge < -0.3 is 9.47 Å². The number of unbranched alkanes of at least 4 members (excludes halogenated alkanes) is 11. The quantitative estimate of drug-likeness (QED) is 0.395. The van der Waals surface area contributed by atoms with Crippen molar-refractivity contribution in [1.82, 2.24) is 0 Å². The standard InChI is InChI=1S/C18H36O2/c1-2-3-4-5-6-7-8-9-10-11-12-13-15-18-19-16-14-17-20-18/h18H,2-17H2,1H3. The summed E-state index contributed by atoms with van der Waals surface area (Å²) in [5.74, 6) is 0. The molecule has 0 unspecified atom stereocenters. The SMILES string of the molecule is CCCCCCCCCCCCCCC1OCCCO1. The van der Waals surface area contributed by atoms with Crippen molar-refractivity contribution >= 4 is 0 Å². The van der Waals surface area contributed by atoms with E-state index in [0.717, 1.165) is 26.1 Å². The molecule has 1 rings (SSSR count). The Morgan fingerprint density at radius 3 is 1.60 bits per heavy atom. The van der Waals surface area contributed by atoms with Crippen LogP contribution in [0.5, 0.6) is 0 Å². The first-order valence-electron chi connectivity index (χ1n) is 9.16. The average molecular weight is 284 g/mol. The zero-order valence-electron chi connectivity index (χ0n) is 13.7. The van der Waals surface area contributed by atoms with E-state index in [1.807, 2.05) is 0 Å². The predicted octanol–water partition coefficient (Wildman–Crippen LogP) is 5.84. The Labute approximate surface area is 126 Å². The van der Waals surface area contributed by atoms with Crippen molar-refractivity contribution < 1.29 is 9.47 Å². The molecule has 0 radical (unpaired) electrons. The molecular formula is C18H36O2. The van der Waals surface area contributed by atoms with Crippen LogP contribution in [0.1, 0.15) is 96.8 Å². The first kappa shape index (κ1) is 18.0. The van der Waals surface area contributed by atoms with E-state index in [0.29, 0.717) is 0 Å². The Bertz CT molecular complexity index is 188. The monoisotopic (exact) mass is 284 g/mol. The van der Waals surface area contributed by atoms with E-state index in [1.54, 1.807) is 0 Å². The molecule has 0 aromatic rings. The van der Waals surface area contributed by atoms with Crippen LogP contribution in [-0.4, -0.2) is 19.5 Å². The molecule has 0 atom stereocenters. The molecule has 0 aromatic heterocycles. The van der Waals surface area contributed by atoms with Crippen molar-refractivity contribution in [3.05, 3.63) is 0 Å². The normalized spacial score (nSPS) is 16.6. The van der Waals surface area contributed by atoms with Crippen LogP contribution in [0.2, 0.25) is 0 Å². The van der Waals surface area contributed by atoms with Crippen LogP contribution in [0.15, 0.2) is 0 Å². The third-order valence-corrected chi connectivity index (χ3v) is 4.19. The second-order valence-corrected chi connectivity index (χ2v) is 6.20. The summed E-state index contributed by atoms with van der Waals surface area (Å²) in [6.45, 7) is 4.07. The first-order chi connectivity index (χ1) is 9.93. The summed E-state index contributed by atoms with van der Waals surface area (Å²) in [6, 6.07) is 0. The Kier molecular flexibility index (Phi) is 12.5. The third kappa shape index (κ3) is 10.7. The largest absolute Gasteiger partial charge is 0.353 e. The maximum atomic E-state index is 5.56. The Morgan fingerprint density at radius 2 is 1.10 bits per heavy atom. The van der Waals surface area contributed by atoms with Gasteiger partial charge in [0.05, 0.1) is 13.2 Å². The molecule has 2 heteroatoms. The highest BCUT2D eigenvalue weighted by molar-refractivity contribution is 4.54. The van der Waals surface area contributed by atoms with E-state index in [2.05, 4.69) is 6.92 Å². The van der Waals surface area contributed by atoms with Crippen LogP contribution in [0.25, 0.3) is 0 Å². The van der Waals surface area contributed by atoms with Crippen molar-refractivity contribution in [2.24, 2.45) is 0 Å². The molecule has 0 N–H and O–H groups in total. The van der Waals surface area contributed by atoms with Gasteiger partial charge in [0.25, 0.3) is 0 Å². The topological polar surface area (TPSA) is 18.5 Å². The molecule has 120 valence electrons. The first-order valence-corrected chi connectivity index (χ1v) is 9.16. The Hall–Kier alpha value is -0.0800. The van der Waals surface area contributed by atoms with Gasteiger partial charge >= 0.3 is 0 Å². The molecule has 1 saturated heterocycles. The fourth-order valence-electron chi connectivity index (χ4n) is 2.86. The summed E-state index contributed by atoms with van der Waals surface area (Å²) in [5.41, 5.74) is 0. The lowest BCUT2D eigenvalue weighted by molar-refractivity contribution is -0.181. The molecule has 0 spiro atoms. The molecule has 2 nitrogen and oxygen atoms in total. The van der Waals surface area contributed by atoms with Gasteiger partial charge in [-0.15, -0.1) is 0 Å². The summed E-state index contributed by atoms with van der Waals surface area (Å²) in [5, 5.41) is 0. The summed E-state index contributed by atoms with van der Waals surface area (Å²) < 4.78 is 11.1. The lowest BCUT2D eigenvalue weighted by Gasteiger charge is -2.22. The van der Waals surface area contributed by atoms with Gasteiger partial charge in [-0.1, -0.05) is 77.6 Å². The molecule has 1 aliphatic rings. The van der Waals surface area contributed by atoms with Gasteiger partial charge in [-0.3, -0.25) is 0 Å². The van der Waals surface area contributed by atoms with Crippen molar-refractivity contribution in [1.29, 1.82) is 0 Å². The molecule has 1 fully saturated rings. The van der Waals surface area contributed by atoms with Crippen LogP contribution in [0.4, 0.5) is 0 Å². The number of rotatable bonds is 13. The lowest BCUT2D eigenvalue weighted by Crippen LogP contribution is -2.24. The smallest absolute Gasteiger partial charge is 0.157 e. The maximum Gasteiger partial charge on any atom is 0.157 e. The van der Waals surface area contributed by atoms with Crippen molar-refractivity contribution in [2.45, 2.75) is 103 Å². The second kappa shape index (κ2) is 13.9. The highest BCUT2D eigenvalue weighted by Gasteiger charge is 2.12. The molecule has 1 heterocycles. The summed E-state index contributed by atoms with van der Waals surface area (Å²) in [7, 11) is 0. The molecule has 0 saturated carbocycles. The highest BCUT2D eigenvalue weighted by Crippen LogP contribution is 2.15. The van der Waals surface area contributed by atoms with Gasteiger partial charge in [0.1, 0.15) is 0 Å². The third-order valence-electron chi connectivity index (χ3n) is 4.19. The van der Waals surface area contributed by atoms with Crippen LogP contribution < -0.4 is 0 Å². The summed E-state index contributed by atoms with van der Waals surface area (Å²) in [4.78, 5) is 0. The van der Waals surface area contributed by atoms with Crippen LogP contribution >= 0.6 is 0 Å². The number of hydrogen-bond acceptors (Lipinski definition) is 2. The Balaban J connectivity index is 1.70. The predicted molar refractivity (Wildman–Crippen MR) is 86.0 cm³/mol. The minimum atomic E-state index is 0.104. The minimum Gasteiger partial charge on any atom is -0.353 e. The van der Waals surface area contributed by atoms with Gasteiger partial charge in [-0.05, 0) is 19.3 Å². The van der Waals surface area contributed by atoms with E-state index >= 15 is 0 Å². The molecule has 0 bridgehead atoms. The van der Waals surface area contributed by atoms with Gasteiger partial charge in [-0.25, -0.2) is 0 Å². The van der Waals surface area contributed by atoms with Crippen molar-refractivity contribution in [3.8, 4) is 0 Å². The van der Waals surface area contributed by atoms with E-state index in [1.165, 1.54) is 77.0 Å². The average Bonchev–Trinajstić information content (AvgIpc) is 2.49. The van der Waals surface area contributed by atoms with Gasteiger partial charge in [-0.2, -0.15) is 0 Å². The fourth-order valence-corrected chi connectivity index (χ4v) is 2.86. The van der Waals surface area contributed by atoms with E-state index in [9.17, 15) is 0 Å². The molecule has 0 aliphatic carbocycles. The van der Waals surface area contributed by atoms with Crippen molar-refractivity contribution in [2.75, 3.05) is 13.2 Å². The van der Waals surface area contributed by atoms with Crippen LogP contribution in [-0.2, 0) is 9.47 Å². The summed E-state index contributed by atoms with van der Waals surface area (Å²) in [6.07, 6.45) is 19.2. The number of hydrogen-bond donors (Lipinski definition) is 0. The fraction of sp³-hybridized carbons (Fsp3) is 1.00. The zero-order valence-corrected chi connectivity index (χ0v) is 13.7. The van der Waals surface area contributed by atoms with Crippen molar-refractivity contribution in [3.63, 3.8) is 0 Å². The van der Waals surface area contributed by atoms with Crippen LogP contribution in [0, 0.1) is 0 Å². The van der Waals surface area contributed by atoms with E-state index < -0.39 is 0 Å². The van der Waals surface area contributed by atoms with E-state index in [-0.39, 0.29) is 6.29 Å². The van der Waals surface area contributed by atoms with Gasteiger partial charge in [0, 0.05) is 0 Å². The molecule has 20 heavy (non-hydrogen) atoms. The molecule has 0 amide bonds. The second-order valence-electron chi connectivity index (χ2n) is 6.20.